The van der Waals surface area contributed by atoms with Gasteiger partial charge in [0.25, 0.3) is 0 Å². The van der Waals surface area contributed by atoms with Crippen LogP contribution in [-0.2, 0) is 10.0 Å². The van der Waals surface area contributed by atoms with Crippen LogP contribution in [0.15, 0.2) is 23.2 Å². The highest BCUT2D eigenvalue weighted by Crippen LogP contribution is 2.17. The highest BCUT2D eigenvalue weighted by molar-refractivity contribution is 7.89. The Bertz CT molecular complexity index is 553. The molecule has 11 heteroatoms. The van der Waals surface area contributed by atoms with Gasteiger partial charge in [-0.15, -0.1) is 12.4 Å². The van der Waals surface area contributed by atoms with Crippen molar-refractivity contribution in [3.05, 3.63) is 18.3 Å². The summed E-state index contributed by atoms with van der Waals surface area (Å²) in [6.07, 6.45) is -2.58. The van der Waals surface area contributed by atoms with Crippen LogP contribution in [0.5, 0.6) is 5.88 Å². The molecule has 0 aliphatic heterocycles. The first-order valence-corrected chi connectivity index (χ1v) is 8.09. The number of rotatable bonds is 9. The fraction of sp³-hybridized carbons (Fsp3) is 0.583. The van der Waals surface area contributed by atoms with Gasteiger partial charge >= 0.3 is 6.18 Å². The molecular formula is C12H19ClF3N3O3S. The largest absolute Gasteiger partial charge is 0.468 e. The Balaban J connectivity index is 0.00000484. The number of sulfonamides is 1. The minimum atomic E-state index is -4.47. The molecule has 0 unspecified atom stereocenters. The number of alkyl halides is 3. The van der Waals surface area contributed by atoms with Gasteiger partial charge in [-0.05, 0) is 19.0 Å². The first kappa shape index (κ1) is 21.9. The van der Waals surface area contributed by atoms with Gasteiger partial charge in [0.2, 0.25) is 15.9 Å². The van der Waals surface area contributed by atoms with Gasteiger partial charge in [0.05, 0.1) is 6.20 Å². The van der Waals surface area contributed by atoms with E-state index in [1.165, 1.54) is 0 Å². The van der Waals surface area contributed by atoms with Crippen molar-refractivity contribution in [3.63, 3.8) is 0 Å². The molecule has 0 saturated heterocycles. The van der Waals surface area contributed by atoms with E-state index in [1.807, 2.05) is 6.92 Å². The summed E-state index contributed by atoms with van der Waals surface area (Å²) in [6, 6.07) is 2.22. The van der Waals surface area contributed by atoms with E-state index < -0.39 is 22.8 Å². The van der Waals surface area contributed by atoms with Crippen molar-refractivity contribution in [1.82, 2.24) is 15.0 Å². The van der Waals surface area contributed by atoms with Crippen molar-refractivity contribution in [3.8, 4) is 5.88 Å². The molecule has 0 atom stereocenters. The second kappa shape index (κ2) is 9.91. The number of ether oxygens (including phenoxy) is 1. The Morgan fingerprint density at radius 2 is 1.91 bits per heavy atom. The van der Waals surface area contributed by atoms with Crippen molar-refractivity contribution in [2.75, 3.05) is 26.2 Å². The van der Waals surface area contributed by atoms with Crippen LogP contribution < -0.4 is 14.8 Å². The maximum absolute atomic E-state index is 12.0. The van der Waals surface area contributed by atoms with E-state index in [4.69, 9.17) is 0 Å². The summed E-state index contributed by atoms with van der Waals surface area (Å²) in [5.74, 6) is -0.291. The monoisotopic (exact) mass is 377 g/mol. The van der Waals surface area contributed by atoms with E-state index in [-0.39, 0.29) is 29.7 Å². The van der Waals surface area contributed by atoms with Gasteiger partial charge in [0, 0.05) is 19.2 Å². The predicted molar refractivity (Wildman–Crippen MR) is 81.4 cm³/mol. The maximum atomic E-state index is 12.0. The van der Waals surface area contributed by atoms with Crippen molar-refractivity contribution < 1.29 is 26.3 Å². The Labute approximate surface area is 139 Å². The van der Waals surface area contributed by atoms with Crippen LogP contribution in [0.2, 0.25) is 0 Å². The van der Waals surface area contributed by atoms with Gasteiger partial charge < -0.3 is 10.1 Å². The van der Waals surface area contributed by atoms with Crippen LogP contribution in [-0.4, -0.2) is 45.8 Å². The maximum Gasteiger partial charge on any atom is 0.422 e. The first-order valence-electron chi connectivity index (χ1n) is 6.60. The lowest BCUT2D eigenvalue weighted by Crippen LogP contribution is -2.32. The van der Waals surface area contributed by atoms with E-state index in [0.29, 0.717) is 6.54 Å². The van der Waals surface area contributed by atoms with Crippen LogP contribution in [0.3, 0.4) is 0 Å². The molecule has 1 aromatic heterocycles. The Kier molecular flexibility index (Phi) is 9.44. The van der Waals surface area contributed by atoms with E-state index in [0.717, 1.165) is 31.3 Å². The quantitative estimate of drug-likeness (QED) is 0.640. The summed E-state index contributed by atoms with van der Waals surface area (Å²) < 4.78 is 66.5. The molecule has 0 amide bonds. The van der Waals surface area contributed by atoms with Crippen LogP contribution in [0.1, 0.15) is 13.3 Å². The molecule has 0 aliphatic carbocycles. The number of halogens is 4. The predicted octanol–water partition coefficient (Wildman–Crippen LogP) is 1.72. The second-order valence-corrected chi connectivity index (χ2v) is 6.15. The van der Waals surface area contributed by atoms with Gasteiger partial charge in [-0.2, -0.15) is 13.2 Å². The average Bonchev–Trinajstić information content (AvgIpc) is 2.44. The van der Waals surface area contributed by atoms with Crippen molar-refractivity contribution >= 4 is 22.4 Å². The molecule has 0 saturated carbocycles. The second-order valence-electron chi connectivity index (χ2n) is 4.38. The summed E-state index contributed by atoms with van der Waals surface area (Å²) in [7, 11) is -3.74. The topological polar surface area (TPSA) is 80.3 Å². The average molecular weight is 378 g/mol. The summed E-state index contributed by atoms with van der Waals surface area (Å²) in [5, 5.41) is 3.03. The van der Waals surface area contributed by atoms with Gasteiger partial charge in [-0.25, -0.2) is 18.1 Å². The number of hydrogen-bond acceptors (Lipinski definition) is 5. The number of nitrogens with one attached hydrogen (secondary N) is 2. The third kappa shape index (κ3) is 8.94. The molecule has 134 valence electrons. The highest BCUT2D eigenvalue weighted by Gasteiger charge is 2.28. The van der Waals surface area contributed by atoms with Gasteiger partial charge in [0.15, 0.2) is 6.61 Å². The molecule has 2 N–H and O–H groups in total. The Morgan fingerprint density at radius 3 is 2.43 bits per heavy atom. The summed E-state index contributed by atoms with van der Waals surface area (Å²) in [6.45, 7) is 1.98. The SMILES string of the molecule is CCCNCCNS(=O)(=O)c1ccc(OCC(F)(F)F)nc1.Cl. The normalized spacial score (nSPS) is 11.8. The number of pyridine rings is 1. The summed E-state index contributed by atoms with van der Waals surface area (Å²) >= 11 is 0. The third-order valence-corrected chi connectivity index (χ3v) is 3.87. The highest BCUT2D eigenvalue weighted by atomic mass is 35.5. The summed E-state index contributed by atoms with van der Waals surface area (Å²) in [4.78, 5) is 3.41. The molecule has 0 spiro atoms. The molecule has 0 aliphatic rings. The van der Waals surface area contributed by atoms with Crippen LogP contribution in [0, 0.1) is 0 Å². The van der Waals surface area contributed by atoms with E-state index in [9.17, 15) is 21.6 Å². The van der Waals surface area contributed by atoms with E-state index >= 15 is 0 Å². The van der Waals surface area contributed by atoms with Crippen molar-refractivity contribution in [2.45, 2.75) is 24.4 Å². The van der Waals surface area contributed by atoms with Crippen LogP contribution in [0.25, 0.3) is 0 Å². The fourth-order valence-corrected chi connectivity index (χ4v) is 2.40. The zero-order chi connectivity index (χ0) is 16.6. The first-order chi connectivity index (χ1) is 10.2. The lowest BCUT2D eigenvalue weighted by molar-refractivity contribution is -0.154. The third-order valence-electron chi connectivity index (χ3n) is 2.42. The van der Waals surface area contributed by atoms with Crippen LogP contribution >= 0.6 is 12.4 Å². The fourth-order valence-electron chi connectivity index (χ4n) is 1.43. The van der Waals surface area contributed by atoms with Gasteiger partial charge in [-0.3, -0.25) is 0 Å². The van der Waals surface area contributed by atoms with E-state index in [2.05, 4.69) is 19.8 Å². The minimum Gasteiger partial charge on any atom is -0.468 e. The molecular weight excluding hydrogens is 359 g/mol. The lowest BCUT2D eigenvalue weighted by atomic mass is 10.5. The molecule has 0 fully saturated rings. The zero-order valence-corrected chi connectivity index (χ0v) is 14.0. The number of aromatic nitrogens is 1. The standard InChI is InChI=1S/C12H18F3N3O3S.ClH/c1-2-5-16-6-7-18-22(19,20)10-3-4-11(17-8-10)21-9-12(13,14)15;/h3-4,8,16,18H,2,5-7,9H2,1H3;1H. The van der Waals surface area contributed by atoms with Crippen LogP contribution in [0.4, 0.5) is 13.2 Å². The molecule has 1 aromatic rings. The molecule has 1 heterocycles. The Hall–Kier alpha value is -1.10. The van der Waals surface area contributed by atoms with E-state index in [1.54, 1.807) is 0 Å². The zero-order valence-electron chi connectivity index (χ0n) is 12.4. The molecule has 0 aromatic carbocycles. The molecule has 1 rings (SSSR count). The summed E-state index contributed by atoms with van der Waals surface area (Å²) in [5.41, 5.74) is 0. The molecule has 0 bridgehead atoms. The number of nitrogens with zero attached hydrogens (tertiary/aromatic N) is 1. The smallest absolute Gasteiger partial charge is 0.422 e. The molecule has 0 radical (unpaired) electrons. The van der Waals surface area contributed by atoms with Crippen molar-refractivity contribution in [1.29, 1.82) is 0 Å². The molecule has 6 nitrogen and oxygen atoms in total. The van der Waals surface area contributed by atoms with Gasteiger partial charge in [-0.1, -0.05) is 6.92 Å². The lowest BCUT2D eigenvalue weighted by Gasteiger charge is -2.09. The van der Waals surface area contributed by atoms with Gasteiger partial charge in [0.1, 0.15) is 4.90 Å². The minimum absolute atomic E-state index is 0. The number of hydrogen-bond donors (Lipinski definition) is 2. The Morgan fingerprint density at radius 1 is 1.22 bits per heavy atom. The molecule has 23 heavy (non-hydrogen) atoms. The van der Waals surface area contributed by atoms with Crippen molar-refractivity contribution in [2.24, 2.45) is 0 Å².